The van der Waals surface area contributed by atoms with Gasteiger partial charge in [0.2, 0.25) is 0 Å². The summed E-state index contributed by atoms with van der Waals surface area (Å²) in [5, 5.41) is 9.48. The minimum atomic E-state index is -0.656. The molecule has 1 atom stereocenters. The van der Waals surface area contributed by atoms with Gasteiger partial charge in [0.05, 0.1) is 6.10 Å². The van der Waals surface area contributed by atoms with E-state index in [2.05, 4.69) is 36.8 Å². The van der Waals surface area contributed by atoms with Gasteiger partial charge < -0.3 is 10.8 Å². The van der Waals surface area contributed by atoms with E-state index >= 15 is 0 Å². The predicted molar refractivity (Wildman–Crippen MR) is 53.7 cm³/mol. The van der Waals surface area contributed by atoms with E-state index in [9.17, 15) is 5.11 Å². The molecule has 66 valence electrons. The molecule has 0 spiro atoms. The first kappa shape index (κ1) is 10.1. The molecular formula is C7H8Br2N2O. The largest absolute Gasteiger partial charge is 0.387 e. The number of aromatic nitrogens is 1. The van der Waals surface area contributed by atoms with Crippen LogP contribution in [-0.4, -0.2) is 16.6 Å². The highest BCUT2D eigenvalue weighted by Gasteiger charge is 2.12. The summed E-state index contributed by atoms with van der Waals surface area (Å²) in [7, 11) is 0. The number of aliphatic hydroxyl groups excluding tert-OH is 1. The summed E-state index contributed by atoms with van der Waals surface area (Å²) in [4.78, 5) is 3.92. The monoisotopic (exact) mass is 294 g/mol. The first-order chi connectivity index (χ1) is 5.66. The number of hydrogen-bond acceptors (Lipinski definition) is 3. The molecule has 0 aliphatic carbocycles. The number of nitrogens with zero attached hydrogens (tertiary/aromatic N) is 1. The van der Waals surface area contributed by atoms with Gasteiger partial charge in [0.15, 0.2) is 0 Å². The lowest BCUT2D eigenvalue weighted by Crippen LogP contribution is -2.12. The fourth-order valence-electron chi connectivity index (χ4n) is 0.857. The molecule has 3 nitrogen and oxygen atoms in total. The summed E-state index contributed by atoms with van der Waals surface area (Å²) in [5.74, 6) is 0. The summed E-state index contributed by atoms with van der Waals surface area (Å²) in [5.41, 5.74) is 6.07. The zero-order valence-electron chi connectivity index (χ0n) is 6.17. The minimum Gasteiger partial charge on any atom is -0.387 e. The lowest BCUT2D eigenvalue weighted by atomic mass is 10.1. The highest BCUT2D eigenvalue weighted by molar-refractivity contribution is 9.11. The Bertz CT molecular complexity index is 260. The maximum atomic E-state index is 9.48. The molecule has 1 aromatic heterocycles. The van der Waals surface area contributed by atoms with Gasteiger partial charge in [-0.2, -0.15) is 0 Å². The molecule has 0 radical (unpaired) electrons. The Kier molecular flexibility index (Phi) is 3.64. The van der Waals surface area contributed by atoms with Gasteiger partial charge in [-0.25, -0.2) is 0 Å². The lowest BCUT2D eigenvalue weighted by Gasteiger charge is -2.11. The van der Waals surface area contributed by atoms with Crippen LogP contribution in [0, 0.1) is 0 Å². The smallest absolute Gasteiger partial charge is 0.0935 e. The van der Waals surface area contributed by atoms with Crippen LogP contribution in [-0.2, 0) is 0 Å². The van der Waals surface area contributed by atoms with Crippen LogP contribution in [0.2, 0.25) is 0 Å². The van der Waals surface area contributed by atoms with Crippen LogP contribution < -0.4 is 5.73 Å². The van der Waals surface area contributed by atoms with E-state index in [-0.39, 0.29) is 6.54 Å². The minimum absolute atomic E-state index is 0.196. The van der Waals surface area contributed by atoms with Crippen molar-refractivity contribution in [3.8, 4) is 0 Å². The third-order valence-corrected chi connectivity index (χ3v) is 2.71. The van der Waals surface area contributed by atoms with Crippen molar-refractivity contribution in [1.82, 2.24) is 4.98 Å². The highest BCUT2D eigenvalue weighted by atomic mass is 79.9. The number of aliphatic hydroxyl groups is 1. The van der Waals surface area contributed by atoms with Crippen molar-refractivity contribution >= 4 is 31.9 Å². The molecule has 0 amide bonds. The maximum absolute atomic E-state index is 9.48. The van der Waals surface area contributed by atoms with Crippen molar-refractivity contribution in [2.24, 2.45) is 5.73 Å². The zero-order chi connectivity index (χ0) is 9.14. The van der Waals surface area contributed by atoms with Crippen LogP contribution >= 0.6 is 31.9 Å². The molecule has 1 aromatic rings. The average molecular weight is 296 g/mol. The van der Waals surface area contributed by atoms with Gasteiger partial charge in [-0.05, 0) is 31.9 Å². The number of rotatable bonds is 2. The SMILES string of the molecule is NCC(O)c1c(Br)cncc1Br. The molecule has 0 saturated carbocycles. The van der Waals surface area contributed by atoms with Crippen molar-refractivity contribution in [3.63, 3.8) is 0 Å². The van der Waals surface area contributed by atoms with Gasteiger partial charge >= 0.3 is 0 Å². The molecule has 0 saturated heterocycles. The molecule has 0 aliphatic rings. The standard InChI is InChI=1S/C7H8Br2N2O/c8-4-2-11-3-5(9)7(4)6(12)1-10/h2-3,6,12H,1,10H2. The average Bonchev–Trinajstić information content (AvgIpc) is 2.03. The number of hydrogen-bond donors (Lipinski definition) is 2. The first-order valence-electron chi connectivity index (χ1n) is 3.34. The summed E-state index contributed by atoms with van der Waals surface area (Å²) in [6.07, 6.45) is 2.59. The van der Waals surface area contributed by atoms with E-state index in [1.165, 1.54) is 0 Å². The van der Waals surface area contributed by atoms with Gasteiger partial charge in [0.25, 0.3) is 0 Å². The molecule has 1 heterocycles. The third-order valence-electron chi connectivity index (χ3n) is 1.45. The fourth-order valence-corrected chi connectivity index (χ4v) is 2.32. The summed E-state index contributed by atoms with van der Waals surface area (Å²) < 4.78 is 1.52. The molecule has 12 heavy (non-hydrogen) atoms. The van der Waals surface area contributed by atoms with Crippen LogP contribution in [0.5, 0.6) is 0 Å². The molecular weight excluding hydrogens is 288 g/mol. The van der Waals surface area contributed by atoms with Crippen molar-refractivity contribution in [3.05, 3.63) is 26.9 Å². The molecule has 3 N–H and O–H groups in total. The topological polar surface area (TPSA) is 59.1 Å². The van der Waals surface area contributed by atoms with Crippen molar-refractivity contribution in [2.45, 2.75) is 6.10 Å². The number of nitrogens with two attached hydrogens (primary N) is 1. The molecule has 0 aliphatic heterocycles. The van der Waals surface area contributed by atoms with Crippen molar-refractivity contribution in [2.75, 3.05) is 6.54 Å². The van der Waals surface area contributed by atoms with E-state index in [0.717, 1.165) is 14.5 Å². The molecule has 1 unspecified atom stereocenters. The van der Waals surface area contributed by atoms with Gasteiger partial charge in [-0.15, -0.1) is 0 Å². The Morgan fingerprint density at radius 2 is 1.92 bits per heavy atom. The second kappa shape index (κ2) is 4.32. The van der Waals surface area contributed by atoms with Gasteiger partial charge in [-0.1, -0.05) is 0 Å². The highest BCUT2D eigenvalue weighted by Crippen LogP contribution is 2.28. The molecule has 0 aromatic carbocycles. The maximum Gasteiger partial charge on any atom is 0.0935 e. The van der Waals surface area contributed by atoms with Crippen LogP contribution in [0.15, 0.2) is 21.3 Å². The Hall–Kier alpha value is 0.0300. The van der Waals surface area contributed by atoms with Crippen LogP contribution in [0.1, 0.15) is 11.7 Å². The second-order valence-corrected chi connectivity index (χ2v) is 3.98. The van der Waals surface area contributed by atoms with E-state index in [4.69, 9.17) is 5.73 Å². The molecule has 0 fully saturated rings. The number of halogens is 2. The Labute approximate surface area is 87.3 Å². The van der Waals surface area contributed by atoms with E-state index < -0.39 is 6.10 Å². The molecule has 0 bridgehead atoms. The Morgan fingerprint density at radius 3 is 2.33 bits per heavy atom. The Balaban J connectivity index is 3.12. The molecule has 5 heteroatoms. The fraction of sp³-hybridized carbons (Fsp3) is 0.286. The quantitative estimate of drug-likeness (QED) is 0.871. The van der Waals surface area contributed by atoms with Gasteiger partial charge in [0, 0.05) is 33.4 Å². The second-order valence-electron chi connectivity index (χ2n) is 2.27. The van der Waals surface area contributed by atoms with Gasteiger partial charge in [-0.3, -0.25) is 4.98 Å². The molecule has 1 rings (SSSR count). The van der Waals surface area contributed by atoms with Gasteiger partial charge in [0.1, 0.15) is 0 Å². The van der Waals surface area contributed by atoms with Crippen LogP contribution in [0.4, 0.5) is 0 Å². The summed E-state index contributed by atoms with van der Waals surface area (Å²) >= 11 is 6.56. The van der Waals surface area contributed by atoms with E-state index in [0.29, 0.717) is 0 Å². The summed E-state index contributed by atoms with van der Waals surface area (Å²) in [6, 6.07) is 0. The Morgan fingerprint density at radius 1 is 1.42 bits per heavy atom. The predicted octanol–water partition coefficient (Wildman–Crippen LogP) is 1.60. The van der Waals surface area contributed by atoms with E-state index in [1.54, 1.807) is 12.4 Å². The summed E-state index contributed by atoms with van der Waals surface area (Å²) in [6.45, 7) is 0.196. The first-order valence-corrected chi connectivity index (χ1v) is 4.92. The lowest BCUT2D eigenvalue weighted by molar-refractivity contribution is 0.185. The van der Waals surface area contributed by atoms with Crippen LogP contribution in [0.3, 0.4) is 0 Å². The zero-order valence-corrected chi connectivity index (χ0v) is 9.34. The number of pyridine rings is 1. The third kappa shape index (κ3) is 2.04. The normalized spacial score (nSPS) is 13.0. The van der Waals surface area contributed by atoms with E-state index in [1.807, 2.05) is 0 Å². The van der Waals surface area contributed by atoms with Crippen molar-refractivity contribution in [1.29, 1.82) is 0 Å². The van der Waals surface area contributed by atoms with Crippen molar-refractivity contribution < 1.29 is 5.11 Å². The van der Waals surface area contributed by atoms with Crippen LogP contribution in [0.25, 0.3) is 0 Å².